The SMILES string of the molecule is CC(C)=CCCC(C)=CC=C1SC(=S)N(CC(=O)O)C1=O. The topological polar surface area (TPSA) is 57.6 Å². The minimum Gasteiger partial charge on any atom is -0.480 e. The molecule has 0 saturated carbocycles. The van der Waals surface area contributed by atoms with Crippen LogP contribution in [0.2, 0.25) is 0 Å². The van der Waals surface area contributed by atoms with Gasteiger partial charge in [0, 0.05) is 0 Å². The van der Waals surface area contributed by atoms with Gasteiger partial charge in [-0.15, -0.1) is 0 Å². The van der Waals surface area contributed by atoms with E-state index in [1.807, 2.05) is 13.0 Å². The highest BCUT2D eigenvalue weighted by Crippen LogP contribution is 2.30. The van der Waals surface area contributed by atoms with E-state index in [9.17, 15) is 9.59 Å². The van der Waals surface area contributed by atoms with Crippen LogP contribution in [0.5, 0.6) is 0 Å². The molecule has 1 amide bonds. The Labute approximate surface area is 134 Å². The number of carbonyl (C=O) groups excluding carboxylic acids is 1. The monoisotopic (exact) mass is 325 g/mol. The van der Waals surface area contributed by atoms with Crippen LogP contribution in [0.15, 0.2) is 34.3 Å². The number of hydrogen-bond acceptors (Lipinski definition) is 4. The fraction of sp³-hybridized carbons (Fsp3) is 0.400. The van der Waals surface area contributed by atoms with Gasteiger partial charge in [-0.3, -0.25) is 14.5 Å². The number of aliphatic carboxylic acids is 1. The third kappa shape index (κ3) is 5.85. The second-order valence-electron chi connectivity index (χ2n) is 5.02. The fourth-order valence-corrected chi connectivity index (χ4v) is 2.87. The molecule has 1 N–H and O–H groups in total. The summed E-state index contributed by atoms with van der Waals surface area (Å²) in [6.45, 7) is 5.75. The van der Waals surface area contributed by atoms with Crippen LogP contribution in [-0.4, -0.2) is 32.7 Å². The number of amides is 1. The largest absolute Gasteiger partial charge is 0.480 e. The van der Waals surface area contributed by atoms with Gasteiger partial charge in [0.25, 0.3) is 5.91 Å². The van der Waals surface area contributed by atoms with Crippen molar-refractivity contribution < 1.29 is 14.7 Å². The smallest absolute Gasteiger partial charge is 0.323 e. The lowest BCUT2D eigenvalue weighted by Gasteiger charge is -2.09. The number of nitrogens with zero attached hydrogens (tertiary/aromatic N) is 1. The maximum absolute atomic E-state index is 12.0. The number of thioether (sulfide) groups is 1. The normalized spacial score (nSPS) is 17.6. The van der Waals surface area contributed by atoms with Gasteiger partial charge in [0.2, 0.25) is 0 Å². The Hall–Kier alpha value is -1.40. The number of carboxylic acid groups (broad SMARTS) is 1. The Morgan fingerprint density at radius 1 is 1.38 bits per heavy atom. The first-order valence-corrected chi connectivity index (χ1v) is 7.80. The molecule has 0 spiro atoms. The van der Waals surface area contributed by atoms with Crippen LogP contribution in [0.25, 0.3) is 0 Å². The van der Waals surface area contributed by atoms with Gasteiger partial charge in [-0.25, -0.2) is 0 Å². The highest BCUT2D eigenvalue weighted by atomic mass is 32.2. The van der Waals surface area contributed by atoms with Gasteiger partial charge >= 0.3 is 5.97 Å². The van der Waals surface area contributed by atoms with Gasteiger partial charge in [-0.2, -0.15) is 0 Å². The first kappa shape index (κ1) is 17.7. The van der Waals surface area contributed by atoms with Gasteiger partial charge in [-0.1, -0.05) is 47.3 Å². The molecule has 0 aromatic carbocycles. The molecule has 1 aliphatic rings. The minimum absolute atomic E-state index is 0.296. The van der Waals surface area contributed by atoms with Crippen molar-refractivity contribution in [2.24, 2.45) is 0 Å². The van der Waals surface area contributed by atoms with Crippen LogP contribution >= 0.6 is 24.0 Å². The summed E-state index contributed by atoms with van der Waals surface area (Å²) in [6, 6.07) is 0. The van der Waals surface area contributed by atoms with Crippen molar-refractivity contribution in [2.75, 3.05) is 6.54 Å². The summed E-state index contributed by atoms with van der Waals surface area (Å²) in [7, 11) is 0. The molecule has 0 aromatic heterocycles. The molecule has 114 valence electrons. The van der Waals surface area contributed by atoms with E-state index in [0.717, 1.165) is 35.1 Å². The van der Waals surface area contributed by atoms with E-state index < -0.39 is 5.97 Å². The molecule has 1 saturated heterocycles. The predicted octanol–water partition coefficient (Wildman–Crippen LogP) is 3.51. The van der Waals surface area contributed by atoms with E-state index in [4.69, 9.17) is 17.3 Å². The first-order valence-electron chi connectivity index (χ1n) is 6.57. The average Bonchev–Trinajstić information content (AvgIpc) is 2.63. The van der Waals surface area contributed by atoms with Gasteiger partial charge in [0.1, 0.15) is 10.9 Å². The van der Waals surface area contributed by atoms with Crippen LogP contribution in [-0.2, 0) is 9.59 Å². The molecule has 0 unspecified atom stereocenters. The van der Waals surface area contributed by atoms with E-state index in [1.54, 1.807) is 6.08 Å². The van der Waals surface area contributed by atoms with E-state index >= 15 is 0 Å². The van der Waals surface area contributed by atoms with Crippen molar-refractivity contribution in [3.8, 4) is 0 Å². The molecule has 1 rings (SSSR count). The number of thiocarbonyl (C=S) groups is 1. The van der Waals surface area contributed by atoms with Crippen molar-refractivity contribution in [1.29, 1.82) is 0 Å². The fourth-order valence-electron chi connectivity index (χ4n) is 1.68. The van der Waals surface area contributed by atoms with Crippen LogP contribution in [0.4, 0.5) is 0 Å². The molecule has 0 aromatic rings. The third-order valence-electron chi connectivity index (χ3n) is 2.78. The number of allylic oxidation sites excluding steroid dienone is 5. The zero-order valence-corrected chi connectivity index (χ0v) is 14.0. The molecular formula is C15H19NO3S2. The van der Waals surface area contributed by atoms with Crippen LogP contribution in [0.3, 0.4) is 0 Å². The molecule has 0 bridgehead atoms. The summed E-state index contributed by atoms with van der Waals surface area (Å²) in [5.74, 6) is -1.40. The molecule has 0 radical (unpaired) electrons. The molecule has 0 aliphatic carbocycles. The Morgan fingerprint density at radius 3 is 2.62 bits per heavy atom. The minimum atomic E-state index is -1.07. The van der Waals surface area contributed by atoms with Gasteiger partial charge in [0.15, 0.2) is 0 Å². The standard InChI is InChI=1S/C15H19NO3S2/c1-10(2)5-4-6-11(3)7-8-12-14(19)16(9-13(17)18)15(20)21-12/h5,7-8H,4,6,9H2,1-3H3,(H,17,18). The van der Waals surface area contributed by atoms with Crippen LogP contribution < -0.4 is 0 Å². The third-order valence-corrected chi connectivity index (χ3v) is 4.17. The van der Waals surface area contributed by atoms with Crippen LogP contribution in [0, 0.1) is 0 Å². The van der Waals surface area contributed by atoms with Gasteiger partial charge in [-0.05, 0) is 39.7 Å². The zero-order chi connectivity index (χ0) is 16.0. The number of carboxylic acids is 1. The number of carbonyl (C=O) groups is 2. The lowest BCUT2D eigenvalue weighted by molar-refractivity contribution is -0.140. The van der Waals surface area contributed by atoms with Gasteiger partial charge in [0.05, 0.1) is 4.91 Å². The molecule has 1 heterocycles. The quantitative estimate of drug-likeness (QED) is 0.460. The van der Waals surface area contributed by atoms with Gasteiger partial charge < -0.3 is 5.11 Å². The molecule has 4 nitrogen and oxygen atoms in total. The summed E-state index contributed by atoms with van der Waals surface area (Å²) >= 11 is 6.17. The summed E-state index contributed by atoms with van der Waals surface area (Å²) in [5.41, 5.74) is 2.45. The van der Waals surface area contributed by atoms with E-state index in [0.29, 0.717) is 9.23 Å². The summed E-state index contributed by atoms with van der Waals surface area (Å²) in [4.78, 5) is 24.3. The van der Waals surface area contributed by atoms with Crippen molar-refractivity contribution >= 4 is 40.2 Å². The molecule has 0 atom stereocenters. The maximum atomic E-state index is 12.0. The lowest BCUT2D eigenvalue weighted by atomic mass is 10.1. The molecule has 6 heteroatoms. The molecule has 1 fully saturated rings. The number of hydrogen-bond donors (Lipinski definition) is 1. The highest BCUT2D eigenvalue weighted by Gasteiger charge is 2.32. The van der Waals surface area contributed by atoms with Crippen molar-refractivity contribution in [3.63, 3.8) is 0 Å². The lowest BCUT2D eigenvalue weighted by Crippen LogP contribution is -2.33. The van der Waals surface area contributed by atoms with Crippen LogP contribution in [0.1, 0.15) is 33.6 Å². The number of rotatable bonds is 6. The molecular weight excluding hydrogens is 306 g/mol. The Morgan fingerprint density at radius 2 is 2.05 bits per heavy atom. The maximum Gasteiger partial charge on any atom is 0.323 e. The zero-order valence-electron chi connectivity index (χ0n) is 12.4. The van der Waals surface area contributed by atoms with E-state index in [-0.39, 0.29) is 12.5 Å². The predicted molar refractivity (Wildman–Crippen MR) is 90.0 cm³/mol. The second kappa shape index (κ2) is 8.14. The Kier molecular flexibility index (Phi) is 6.84. The Bertz CT molecular complexity index is 543. The van der Waals surface area contributed by atoms with Crippen molar-refractivity contribution in [3.05, 3.63) is 34.3 Å². The Balaban J connectivity index is 2.69. The first-order chi connectivity index (χ1) is 9.81. The highest BCUT2D eigenvalue weighted by molar-refractivity contribution is 8.26. The summed E-state index contributed by atoms with van der Waals surface area (Å²) in [6.07, 6.45) is 7.68. The second-order valence-corrected chi connectivity index (χ2v) is 6.69. The summed E-state index contributed by atoms with van der Waals surface area (Å²) in [5, 5.41) is 8.76. The van der Waals surface area contributed by atoms with E-state index in [1.165, 1.54) is 5.57 Å². The van der Waals surface area contributed by atoms with Crippen molar-refractivity contribution in [1.82, 2.24) is 4.90 Å². The van der Waals surface area contributed by atoms with Crippen molar-refractivity contribution in [2.45, 2.75) is 33.6 Å². The molecule has 1 aliphatic heterocycles. The van der Waals surface area contributed by atoms with E-state index in [2.05, 4.69) is 19.9 Å². The molecule has 21 heavy (non-hydrogen) atoms. The summed E-state index contributed by atoms with van der Waals surface area (Å²) < 4.78 is 0.296. The average molecular weight is 325 g/mol.